The van der Waals surface area contributed by atoms with Crippen LogP contribution < -0.4 is 0 Å². The molecule has 0 spiro atoms. The molecule has 1 aliphatic carbocycles. The standard InChI is InChI=1S/C11H10FNO2/c1-2-5-13-9-4-3-8(12)6-10(9)15-7-11(13)14/h1,6H,3-5,7H2. The summed E-state index contributed by atoms with van der Waals surface area (Å²) in [5.74, 6) is 2.47. The molecule has 4 heteroatoms. The molecule has 2 aliphatic rings. The van der Waals surface area contributed by atoms with Crippen LogP contribution in [0.2, 0.25) is 0 Å². The van der Waals surface area contributed by atoms with Gasteiger partial charge in [0.1, 0.15) is 11.6 Å². The smallest absolute Gasteiger partial charge is 0.265 e. The highest BCUT2D eigenvalue weighted by molar-refractivity contribution is 5.81. The lowest BCUT2D eigenvalue weighted by molar-refractivity contribution is -0.134. The van der Waals surface area contributed by atoms with Crippen LogP contribution in [-0.4, -0.2) is 24.0 Å². The summed E-state index contributed by atoms with van der Waals surface area (Å²) in [6.45, 7) is 0.154. The summed E-state index contributed by atoms with van der Waals surface area (Å²) in [6, 6.07) is 0. The van der Waals surface area contributed by atoms with E-state index in [9.17, 15) is 9.18 Å². The van der Waals surface area contributed by atoms with E-state index in [1.165, 1.54) is 11.0 Å². The number of rotatable bonds is 1. The molecule has 0 aromatic rings. The van der Waals surface area contributed by atoms with Crippen LogP contribution in [0.5, 0.6) is 0 Å². The minimum absolute atomic E-state index is 0.0652. The van der Waals surface area contributed by atoms with Gasteiger partial charge >= 0.3 is 0 Å². The van der Waals surface area contributed by atoms with Gasteiger partial charge in [0.05, 0.1) is 12.2 Å². The Balaban J connectivity index is 2.34. The third-order valence-corrected chi connectivity index (χ3v) is 2.40. The van der Waals surface area contributed by atoms with Gasteiger partial charge in [-0.25, -0.2) is 4.39 Å². The van der Waals surface area contributed by atoms with Crippen LogP contribution in [0.3, 0.4) is 0 Å². The fourth-order valence-corrected chi connectivity index (χ4v) is 1.69. The molecule has 3 nitrogen and oxygen atoms in total. The van der Waals surface area contributed by atoms with Crippen LogP contribution in [0.25, 0.3) is 0 Å². The SMILES string of the molecule is C#CCN1C(=O)COC2=C1CCC(F)=C2. The van der Waals surface area contributed by atoms with Crippen molar-refractivity contribution in [2.75, 3.05) is 13.2 Å². The van der Waals surface area contributed by atoms with Crippen LogP contribution >= 0.6 is 0 Å². The van der Waals surface area contributed by atoms with Gasteiger partial charge in [-0.1, -0.05) is 5.92 Å². The van der Waals surface area contributed by atoms with Gasteiger partial charge in [-0.2, -0.15) is 0 Å². The molecule has 1 aliphatic heterocycles. The molecular weight excluding hydrogens is 197 g/mol. The Hall–Kier alpha value is -1.76. The van der Waals surface area contributed by atoms with Gasteiger partial charge in [-0.05, 0) is 6.42 Å². The van der Waals surface area contributed by atoms with Crippen molar-refractivity contribution in [1.29, 1.82) is 0 Å². The molecule has 0 aromatic heterocycles. The maximum atomic E-state index is 13.0. The second-order valence-corrected chi connectivity index (χ2v) is 3.37. The number of hydrogen-bond acceptors (Lipinski definition) is 2. The fraction of sp³-hybridized carbons (Fsp3) is 0.364. The molecule has 1 amide bonds. The molecule has 0 saturated carbocycles. The van der Waals surface area contributed by atoms with Gasteiger partial charge in [-0.15, -0.1) is 6.42 Å². The summed E-state index contributed by atoms with van der Waals surface area (Å²) in [7, 11) is 0. The summed E-state index contributed by atoms with van der Waals surface area (Å²) in [6.07, 6.45) is 7.27. The zero-order valence-corrected chi connectivity index (χ0v) is 8.12. The molecule has 0 bridgehead atoms. The van der Waals surface area contributed by atoms with E-state index in [2.05, 4.69) is 5.92 Å². The largest absolute Gasteiger partial charge is 0.482 e. The lowest BCUT2D eigenvalue weighted by Gasteiger charge is -2.31. The monoisotopic (exact) mass is 207 g/mol. The summed E-state index contributed by atoms with van der Waals surface area (Å²) in [4.78, 5) is 13.0. The number of hydrogen-bond donors (Lipinski definition) is 0. The fourth-order valence-electron chi connectivity index (χ4n) is 1.69. The highest BCUT2D eigenvalue weighted by Crippen LogP contribution is 2.30. The lowest BCUT2D eigenvalue weighted by atomic mass is 10.1. The van der Waals surface area contributed by atoms with Crippen molar-refractivity contribution >= 4 is 5.91 Å². The van der Waals surface area contributed by atoms with Crippen LogP contribution in [0, 0.1) is 12.3 Å². The number of amides is 1. The van der Waals surface area contributed by atoms with Gasteiger partial charge in [-0.3, -0.25) is 9.69 Å². The number of ether oxygens (including phenoxy) is 1. The molecule has 0 N–H and O–H groups in total. The maximum Gasteiger partial charge on any atom is 0.265 e. The first kappa shape index (κ1) is 9.78. The number of nitrogens with zero attached hydrogens (tertiary/aromatic N) is 1. The maximum absolute atomic E-state index is 13.0. The molecule has 0 saturated heterocycles. The number of halogens is 1. The summed E-state index contributed by atoms with van der Waals surface area (Å²) in [5.41, 5.74) is 0.700. The van der Waals surface area contributed by atoms with Crippen molar-refractivity contribution in [1.82, 2.24) is 4.90 Å². The Bertz CT molecular complexity index is 403. The van der Waals surface area contributed by atoms with Gasteiger partial charge in [0.25, 0.3) is 5.91 Å². The Morgan fingerprint density at radius 3 is 3.13 bits per heavy atom. The second kappa shape index (κ2) is 3.77. The van der Waals surface area contributed by atoms with E-state index in [0.717, 1.165) is 0 Å². The lowest BCUT2D eigenvalue weighted by Crippen LogP contribution is -2.38. The Morgan fingerprint density at radius 1 is 1.60 bits per heavy atom. The molecule has 1 heterocycles. The minimum atomic E-state index is -0.219. The Morgan fingerprint density at radius 2 is 2.40 bits per heavy atom. The van der Waals surface area contributed by atoms with Crippen molar-refractivity contribution in [3.8, 4) is 12.3 Å². The average Bonchev–Trinajstić information content (AvgIpc) is 2.22. The summed E-state index contributed by atoms with van der Waals surface area (Å²) >= 11 is 0. The molecule has 0 aromatic carbocycles. The molecule has 78 valence electrons. The number of carbonyl (C=O) groups is 1. The van der Waals surface area contributed by atoms with E-state index in [-0.39, 0.29) is 24.9 Å². The molecule has 0 atom stereocenters. The highest BCUT2D eigenvalue weighted by atomic mass is 19.1. The van der Waals surface area contributed by atoms with Gasteiger partial charge < -0.3 is 4.74 Å². The van der Waals surface area contributed by atoms with Crippen molar-refractivity contribution in [3.63, 3.8) is 0 Å². The summed E-state index contributed by atoms with van der Waals surface area (Å²) < 4.78 is 18.1. The molecule has 2 rings (SSSR count). The van der Waals surface area contributed by atoms with E-state index in [0.29, 0.717) is 24.3 Å². The third kappa shape index (κ3) is 1.73. The van der Waals surface area contributed by atoms with Crippen LogP contribution in [-0.2, 0) is 9.53 Å². The van der Waals surface area contributed by atoms with Crippen molar-refractivity contribution in [2.24, 2.45) is 0 Å². The molecule has 0 fully saturated rings. The van der Waals surface area contributed by atoms with E-state index in [1.807, 2.05) is 0 Å². The van der Waals surface area contributed by atoms with E-state index in [1.54, 1.807) is 0 Å². The Kier molecular flexibility index (Phi) is 2.46. The zero-order valence-electron chi connectivity index (χ0n) is 8.12. The van der Waals surface area contributed by atoms with Crippen molar-refractivity contribution < 1.29 is 13.9 Å². The first-order chi connectivity index (χ1) is 7.22. The van der Waals surface area contributed by atoms with E-state index in [4.69, 9.17) is 11.2 Å². The minimum Gasteiger partial charge on any atom is -0.482 e. The second-order valence-electron chi connectivity index (χ2n) is 3.37. The van der Waals surface area contributed by atoms with Crippen molar-refractivity contribution in [2.45, 2.75) is 12.8 Å². The van der Waals surface area contributed by atoms with Crippen LogP contribution in [0.1, 0.15) is 12.8 Å². The predicted molar refractivity (Wildman–Crippen MR) is 51.9 cm³/mol. The molecule has 0 unspecified atom stereocenters. The zero-order chi connectivity index (χ0) is 10.8. The van der Waals surface area contributed by atoms with Crippen LogP contribution in [0.4, 0.5) is 4.39 Å². The van der Waals surface area contributed by atoms with Gasteiger partial charge in [0, 0.05) is 12.5 Å². The molecule has 15 heavy (non-hydrogen) atoms. The Labute approximate surface area is 87.2 Å². The van der Waals surface area contributed by atoms with E-state index < -0.39 is 0 Å². The summed E-state index contributed by atoms with van der Waals surface area (Å²) in [5, 5.41) is 0. The predicted octanol–water partition coefficient (Wildman–Crippen LogP) is 1.34. The van der Waals surface area contributed by atoms with E-state index >= 15 is 0 Å². The molecule has 0 radical (unpaired) electrons. The van der Waals surface area contributed by atoms with Gasteiger partial charge in [0.2, 0.25) is 0 Å². The quantitative estimate of drug-likeness (QED) is 0.607. The van der Waals surface area contributed by atoms with Crippen LogP contribution in [0.15, 0.2) is 23.4 Å². The first-order valence-electron chi connectivity index (χ1n) is 4.68. The van der Waals surface area contributed by atoms with Gasteiger partial charge in [0.15, 0.2) is 6.61 Å². The topological polar surface area (TPSA) is 29.5 Å². The first-order valence-corrected chi connectivity index (χ1v) is 4.68. The third-order valence-electron chi connectivity index (χ3n) is 2.40. The average molecular weight is 207 g/mol. The molecular formula is C11H10FNO2. The number of allylic oxidation sites excluding steroid dienone is 3. The number of carbonyl (C=O) groups excluding carboxylic acids is 1. The normalized spacial score (nSPS) is 20.4. The number of terminal acetylenes is 1. The highest BCUT2D eigenvalue weighted by Gasteiger charge is 2.28. The van der Waals surface area contributed by atoms with Crippen molar-refractivity contribution in [3.05, 3.63) is 23.4 Å².